The van der Waals surface area contributed by atoms with Gasteiger partial charge in [0.25, 0.3) is 5.91 Å². The van der Waals surface area contributed by atoms with E-state index in [4.69, 9.17) is 10.5 Å². The fourth-order valence-electron chi connectivity index (χ4n) is 6.57. The van der Waals surface area contributed by atoms with Gasteiger partial charge in [-0.1, -0.05) is 18.2 Å². The average molecular weight is 581 g/mol. The quantitative estimate of drug-likeness (QED) is 0.254. The van der Waals surface area contributed by atoms with Gasteiger partial charge in [-0.2, -0.15) is 0 Å². The first kappa shape index (κ1) is 27.3. The van der Waals surface area contributed by atoms with Crippen LogP contribution in [0.1, 0.15) is 71.6 Å². The summed E-state index contributed by atoms with van der Waals surface area (Å²) in [6.07, 6.45) is 8.83. The van der Waals surface area contributed by atoms with Gasteiger partial charge in [-0.3, -0.25) is 9.59 Å². The van der Waals surface area contributed by atoms with Crippen LogP contribution >= 0.6 is 0 Å². The van der Waals surface area contributed by atoms with E-state index in [1.807, 2.05) is 18.2 Å². The van der Waals surface area contributed by atoms with E-state index in [2.05, 4.69) is 22.1 Å². The molecule has 1 saturated carbocycles. The van der Waals surface area contributed by atoms with Crippen LogP contribution in [0.3, 0.4) is 0 Å². The third-order valence-electron chi connectivity index (χ3n) is 8.93. The minimum Gasteiger partial charge on any atom is -0.491 e. The maximum Gasteiger partial charge on any atom is 0.265 e. The summed E-state index contributed by atoms with van der Waals surface area (Å²) in [4.78, 5) is 34.7. The first-order valence-corrected chi connectivity index (χ1v) is 14.9. The summed E-state index contributed by atoms with van der Waals surface area (Å²) in [5.74, 6) is -0.454. The van der Waals surface area contributed by atoms with E-state index < -0.39 is 11.7 Å². The third-order valence-corrected chi connectivity index (χ3v) is 8.93. The molecule has 1 aliphatic heterocycles. The van der Waals surface area contributed by atoms with E-state index in [1.165, 1.54) is 16.5 Å². The summed E-state index contributed by atoms with van der Waals surface area (Å²) in [6.45, 7) is 0.101. The number of anilines is 1. The van der Waals surface area contributed by atoms with Gasteiger partial charge in [0, 0.05) is 29.3 Å². The molecule has 2 amide bonds. The minimum atomic E-state index is -0.577. The maximum absolute atomic E-state index is 15.4. The monoisotopic (exact) mass is 580 g/mol. The molecule has 2 aliphatic carbocycles. The largest absolute Gasteiger partial charge is 0.491 e. The number of aliphatic hydroxyl groups is 1. The van der Waals surface area contributed by atoms with Gasteiger partial charge in [-0.25, -0.2) is 9.37 Å². The van der Waals surface area contributed by atoms with Crippen molar-refractivity contribution in [3.8, 4) is 16.9 Å². The number of fused-ring (bicyclic) bond motifs is 2. The number of carbonyl (C=O) groups excluding carboxylic acids is 2. The van der Waals surface area contributed by atoms with Crippen molar-refractivity contribution < 1.29 is 23.8 Å². The summed E-state index contributed by atoms with van der Waals surface area (Å²) >= 11 is 0. The molecule has 4 N–H and O–H groups in total. The van der Waals surface area contributed by atoms with Gasteiger partial charge in [0.05, 0.1) is 18.8 Å². The molecule has 0 bridgehead atoms. The summed E-state index contributed by atoms with van der Waals surface area (Å²) < 4.78 is 21.3. The van der Waals surface area contributed by atoms with Crippen molar-refractivity contribution in [1.29, 1.82) is 0 Å². The predicted molar refractivity (Wildman–Crippen MR) is 162 cm³/mol. The molecule has 0 radical (unpaired) electrons. The summed E-state index contributed by atoms with van der Waals surface area (Å²) in [5.41, 5.74) is 11.8. The molecule has 3 heterocycles. The molecule has 2 aromatic carbocycles. The van der Waals surface area contributed by atoms with Crippen molar-refractivity contribution in [2.24, 2.45) is 11.7 Å². The molecule has 4 aromatic rings. The lowest BCUT2D eigenvalue weighted by Crippen LogP contribution is -2.33. The number of rotatable bonds is 7. The Bertz CT molecular complexity index is 1790. The van der Waals surface area contributed by atoms with E-state index in [9.17, 15) is 14.7 Å². The number of benzene rings is 2. The fourth-order valence-corrected chi connectivity index (χ4v) is 6.57. The van der Waals surface area contributed by atoms with E-state index in [-0.39, 0.29) is 42.9 Å². The molecule has 2 aromatic heterocycles. The van der Waals surface area contributed by atoms with Gasteiger partial charge in [-0.05, 0) is 96.5 Å². The molecule has 9 heteroatoms. The number of ether oxygens (including phenoxy) is 1. The van der Waals surface area contributed by atoms with Gasteiger partial charge in [0.1, 0.15) is 29.4 Å². The van der Waals surface area contributed by atoms with Crippen LogP contribution in [0, 0.1) is 11.7 Å². The lowest BCUT2D eigenvalue weighted by Gasteiger charge is -2.24. The molecule has 1 unspecified atom stereocenters. The standard InChI is InChI=1S/C34H33FN4O4/c35-27-15-22(20-8-9-20)16-30-32(27)34(42)39(12-13-43-30)29-3-1-2-23(26(29)18-40)24-10-11-37-33-25(24)17-28(38-33)21-6-4-19(5-7-21)14-31(36)41/h1-3,6,10-11,15-17,19-20,40H,4-5,7-9,12-14,18H2,(H2,36,41)(H,37,38). The molecule has 1 fully saturated rings. The Labute approximate surface area is 248 Å². The number of pyridine rings is 1. The Balaban J connectivity index is 1.25. The van der Waals surface area contributed by atoms with E-state index >= 15 is 4.39 Å². The molecule has 7 rings (SSSR count). The number of aromatic amines is 1. The van der Waals surface area contributed by atoms with E-state index in [0.717, 1.165) is 59.9 Å². The molecule has 43 heavy (non-hydrogen) atoms. The number of halogens is 1. The zero-order chi connectivity index (χ0) is 29.7. The first-order chi connectivity index (χ1) is 20.9. The number of allylic oxidation sites excluding steroid dienone is 2. The summed E-state index contributed by atoms with van der Waals surface area (Å²) in [7, 11) is 0. The average Bonchev–Trinajstić information content (AvgIpc) is 3.78. The van der Waals surface area contributed by atoms with Gasteiger partial charge < -0.3 is 25.5 Å². The minimum absolute atomic E-state index is 0.0726. The van der Waals surface area contributed by atoms with E-state index in [0.29, 0.717) is 29.2 Å². The van der Waals surface area contributed by atoms with Crippen LogP contribution in [0.15, 0.2) is 54.7 Å². The van der Waals surface area contributed by atoms with Crippen LogP contribution in [0.4, 0.5) is 10.1 Å². The number of hydrogen-bond donors (Lipinski definition) is 3. The van der Waals surface area contributed by atoms with Crippen LogP contribution in [0.25, 0.3) is 27.7 Å². The first-order valence-electron chi connectivity index (χ1n) is 14.9. The van der Waals surface area contributed by atoms with Crippen LogP contribution in [0.5, 0.6) is 5.75 Å². The molecule has 0 spiro atoms. The van der Waals surface area contributed by atoms with Crippen LogP contribution in [0.2, 0.25) is 0 Å². The number of hydrogen-bond acceptors (Lipinski definition) is 5. The van der Waals surface area contributed by atoms with Gasteiger partial charge in [0.15, 0.2) is 0 Å². The van der Waals surface area contributed by atoms with Crippen molar-refractivity contribution >= 4 is 34.1 Å². The van der Waals surface area contributed by atoms with E-state index in [1.54, 1.807) is 18.3 Å². The maximum atomic E-state index is 15.4. The molecule has 3 aliphatic rings. The van der Waals surface area contributed by atoms with Crippen molar-refractivity contribution in [1.82, 2.24) is 9.97 Å². The number of carbonyl (C=O) groups is 2. The second kappa shape index (κ2) is 11.0. The normalized spacial score (nSPS) is 18.7. The van der Waals surface area contributed by atoms with Crippen LogP contribution in [-0.2, 0) is 11.4 Å². The van der Waals surface area contributed by atoms with Crippen molar-refractivity contribution in [3.63, 3.8) is 0 Å². The Hall–Kier alpha value is -4.50. The molecule has 1 atom stereocenters. The summed E-state index contributed by atoms with van der Waals surface area (Å²) in [5, 5.41) is 11.5. The molecule has 220 valence electrons. The highest BCUT2D eigenvalue weighted by Crippen LogP contribution is 2.44. The predicted octanol–water partition coefficient (Wildman–Crippen LogP) is 5.84. The molecule has 0 saturated heterocycles. The van der Waals surface area contributed by atoms with Crippen molar-refractivity contribution in [2.75, 3.05) is 18.1 Å². The second-order valence-corrected chi connectivity index (χ2v) is 11.8. The van der Waals surface area contributed by atoms with Crippen molar-refractivity contribution in [2.45, 2.75) is 51.0 Å². The highest BCUT2D eigenvalue weighted by atomic mass is 19.1. The van der Waals surface area contributed by atoms with Gasteiger partial charge >= 0.3 is 0 Å². The number of aromatic nitrogens is 2. The number of nitrogens with one attached hydrogen (secondary N) is 1. The number of nitrogens with zero attached hydrogens (tertiary/aromatic N) is 2. The Morgan fingerprint density at radius 2 is 2.02 bits per heavy atom. The van der Waals surface area contributed by atoms with Gasteiger partial charge in [0.2, 0.25) is 5.91 Å². The number of aliphatic hydroxyl groups excluding tert-OH is 1. The zero-order valence-corrected chi connectivity index (χ0v) is 23.7. The van der Waals surface area contributed by atoms with Crippen molar-refractivity contribution in [3.05, 3.63) is 82.9 Å². The highest BCUT2D eigenvalue weighted by molar-refractivity contribution is 6.09. The summed E-state index contributed by atoms with van der Waals surface area (Å²) in [6, 6.07) is 12.8. The molecule has 8 nitrogen and oxygen atoms in total. The Morgan fingerprint density at radius 3 is 2.77 bits per heavy atom. The lowest BCUT2D eigenvalue weighted by molar-refractivity contribution is -0.118. The number of amides is 2. The van der Waals surface area contributed by atoms with Crippen LogP contribution < -0.4 is 15.4 Å². The number of H-pyrrole nitrogens is 1. The zero-order valence-electron chi connectivity index (χ0n) is 23.7. The highest BCUT2D eigenvalue weighted by Gasteiger charge is 2.33. The molecular formula is C34H33FN4O4. The second-order valence-electron chi connectivity index (χ2n) is 11.8. The lowest BCUT2D eigenvalue weighted by atomic mass is 9.86. The number of nitrogens with two attached hydrogens (primary N) is 1. The van der Waals surface area contributed by atoms with Crippen LogP contribution in [-0.4, -0.2) is 40.0 Å². The number of primary amides is 1. The molecular weight excluding hydrogens is 547 g/mol. The van der Waals surface area contributed by atoms with Gasteiger partial charge in [-0.15, -0.1) is 0 Å². The fraction of sp³-hybridized carbons (Fsp3) is 0.324. The smallest absolute Gasteiger partial charge is 0.265 e. The third kappa shape index (κ3) is 5.07. The SMILES string of the molecule is NC(=O)CC1CC=C(c2cc3c(-c4cccc(N5CCOc6cc(C7CC7)cc(F)c6C5=O)c4CO)ccnc3[nH]2)CC1. The Kier molecular flexibility index (Phi) is 6.97. The topological polar surface area (TPSA) is 122 Å². The Morgan fingerprint density at radius 1 is 1.16 bits per heavy atom.